The summed E-state index contributed by atoms with van der Waals surface area (Å²) in [6, 6.07) is 21.2. The summed E-state index contributed by atoms with van der Waals surface area (Å²) < 4.78 is 6.47. The van der Waals surface area contributed by atoms with Crippen molar-refractivity contribution in [2.45, 2.75) is 36.5 Å². The van der Waals surface area contributed by atoms with Crippen molar-refractivity contribution in [1.82, 2.24) is 4.90 Å². The smallest absolute Gasteiger partial charge is 0.150 e. The number of hydrogen-bond acceptors (Lipinski definition) is 5. The zero-order valence-electron chi connectivity index (χ0n) is 19.0. The van der Waals surface area contributed by atoms with Crippen LogP contribution in [0.1, 0.15) is 43.1 Å². The molecule has 0 aromatic heterocycles. The molecule has 0 amide bonds. The molecule has 4 nitrogen and oxygen atoms in total. The van der Waals surface area contributed by atoms with Crippen LogP contribution in [-0.4, -0.2) is 40.0 Å². The predicted molar refractivity (Wildman–Crippen MR) is 135 cm³/mol. The topological polar surface area (TPSA) is 52.9 Å². The van der Waals surface area contributed by atoms with Gasteiger partial charge in [0.25, 0.3) is 0 Å². The highest BCUT2D eigenvalue weighted by Gasteiger charge is 2.30. The Morgan fingerprint density at radius 3 is 2.33 bits per heavy atom. The number of thioether (sulfide) groups is 1. The number of aromatic hydroxyl groups is 2. The number of ether oxygens (including phenoxy) is 1. The number of phenolic OH excluding ortho intramolecular Hbond substituents is 2. The minimum Gasteiger partial charge on any atom is -0.508 e. The lowest BCUT2D eigenvalue weighted by Gasteiger charge is -2.38. The number of rotatable bonds is 6. The summed E-state index contributed by atoms with van der Waals surface area (Å²) in [5.74, 6) is 1.12. The molecule has 1 fully saturated rings. The quantitative estimate of drug-likeness (QED) is 0.450. The molecule has 2 aliphatic rings. The van der Waals surface area contributed by atoms with Gasteiger partial charge in [0.2, 0.25) is 0 Å². The van der Waals surface area contributed by atoms with Gasteiger partial charge in [-0.15, -0.1) is 11.8 Å². The van der Waals surface area contributed by atoms with Crippen molar-refractivity contribution in [1.29, 1.82) is 0 Å². The van der Waals surface area contributed by atoms with E-state index < -0.39 is 0 Å². The van der Waals surface area contributed by atoms with E-state index in [9.17, 15) is 10.2 Å². The van der Waals surface area contributed by atoms with Gasteiger partial charge in [-0.2, -0.15) is 0 Å². The van der Waals surface area contributed by atoms with Crippen LogP contribution >= 0.6 is 11.8 Å². The van der Waals surface area contributed by atoms with Crippen LogP contribution in [0.25, 0.3) is 11.1 Å². The first kappa shape index (κ1) is 21.9. The number of likely N-dealkylation sites (tertiary alicyclic amines) is 1. The van der Waals surface area contributed by atoms with Gasteiger partial charge >= 0.3 is 0 Å². The van der Waals surface area contributed by atoms with Gasteiger partial charge in [0, 0.05) is 40.4 Å². The molecule has 0 radical (unpaired) electrons. The van der Waals surface area contributed by atoms with E-state index in [1.807, 2.05) is 30.0 Å². The maximum absolute atomic E-state index is 10.0. The van der Waals surface area contributed by atoms with Crippen molar-refractivity contribution in [2.24, 2.45) is 0 Å². The van der Waals surface area contributed by atoms with Crippen LogP contribution in [0, 0.1) is 0 Å². The Balaban J connectivity index is 1.44. The minimum absolute atomic E-state index is 0.192. The highest BCUT2D eigenvalue weighted by Crippen LogP contribution is 2.47. The van der Waals surface area contributed by atoms with Gasteiger partial charge in [0.05, 0.1) is 0 Å². The third-order valence-corrected chi connectivity index (χ3v) is 7.58. The Morgan fingerprint density at radius 2 is 1.64 bits per heavy atom. The number of hydrogen-bond donors (Lipinski definition) is 2. The molecule has 5 heteroatoms. The Hall–Kier alpha value is -2.89. The summed E-state index contributed by atoms with van der Waals surface area (Å²) in [6.45, 7) is 7.85. The van der Waals surface area contributed by atoms with Crippen LogP contribution < -0.4 is 4.74 Å². The highest BCUT2D eigenvalue weighted by atomic mass is 32.2. The lowest BCUT2D eigenvalue weighted by molar-refractivity contribution is 0.191. The van der Waals surface area contributed by atoms with Crippen molar-refractivity contribution in [2.75, 3.05) is 19.6 Å². The van der Waals surface area contributed by atoms with Crippen LogP contribution in [-0.2, 0) is 0 Å². The summed E-state index contributed by atoms with van der Waals surface area (Å²) in [5.41, 5.74) is 5.23. The number of allylic oxidation sites excluding steroid dienone is 1. The van der Waals surface area contributed by atoms with E-state index in [1.165, 1.54) is 31.0 Å². The molecule has 2 heterocycles. The fraction of sp³-hybridized carbons (Fsp3) is 0.286. The fourth-order valence-electron chi connectivity index (χ4n) is 4.70. The maximum Gasteiger partial charge on any atom is 0.150 e. The van der Waals surface area contributed by atoms with Crippen molar-refractivity contribution >= 4 is 22.9 Å². The van der Waals surface area contributed by atoms with E-state index in [1.54, 1.807) is 24.3 Å². The normalized spacial score (nSPS) is 18.5. The zero-order chi connectivity index (χ0) is 22.9. The maximum atomic E-state index is 10.0. The molecule has 5 rings (SSSR count). The van der Waals surface area contributed by atoms with Gasteiger partial charge in [-0.1, -0.05) is 31.2 Å². The summed E-state index contributed by atoms with van der Waals surface area (Å²) in [5, 5.41) is 20.5. The summed E-state index contributed by atoms with van der Waals surface area (Å²) >= 11 is 1.95. The molecule has 2 aliphatic heterocycles. The van der Waals surface area contributed by atoms with Crippen molar-refractivity contribution in [3.63, 3.8) is 0 Å². The summed E-state index contributed by atoms with van der Waals surface area (Å²) in [6.07, 6.45) is 0.914. The highest BCUT2D eigenvalue weighted by molar-refractivity contribution is 8.00. The first-order valence-corrected chi connectivity index (χ1v) is 12.4. The molecule has 3 aromatic carbocycles. The average Bonchev–Trinajstić information content (AvgIpc) is 2.79. The number of benzene rings is 3. The Morgan fingerprint density at radius 1 is 0.939 bits per heavy atom. The molecule has 0 saturated carbocycles. The monoisotopic (exact) mass is 459 g/mol. The van der Waals surface area contributed by atoms with E-state index >= 15 is 0 Å². The molecular weight excluding hydrogens is 430 g/mol. The zero-order valence-corrected chi connectivity index (χ0v) is 19.8. The molecule has 1 atom stereocenters. The standard InChI is InChI=1S/C28H29NO3S/c1-3-14-29-16-24(17-29)33-23-11-6-20(7-12-23)28-27(19-4-8-21(30)9-5-19)18(2)25-13-10-22(31)15-26(25)32-28/h4-13,15,24,28,30-31H,3,14,16-17H2,1-2H3. The second-order valence-corrected chi connectivity index (χ2v) is 10.2. The van der Waals surface area contributed by atoms with Crippen molar-refractivity contribution in [3.8, 4) is 17.2 Å². The third kappa shape index (κ3) is 4.48. The second-order valence-electron chi connectivity index (χ2n) is 8.83. The fourth-order valence-corrected chi connectivity index (χ4v) is 5.95. The largest absolute Gasteiger partial charge is 0.508 e. The lowest BCUT2D eigenvalue weighted by atomic mass is 9.86. The van der Waals surface area contributed by atoms with E-state index in [2.05, 4.69) is 43.0 Å². The first-order chi connectivity index (χ1) is 16.0. The van der Waals surface area contributed by atoms with E-state index in [0.29, 0.717) is 11.0 Å². The molecule has 3 aromatic rings. The summed E-state index contributed by atoms with van der Waals surface area (Å²) in [4.78, 5) is 3.78. The van der Waals surface area contributed by atoms with Crippen LogP contribution in [0.2, 0.25) is 0 Å². The van der Waals surface area contributed by atoms with E-state index in [4.69, 9.17) is 4.74 Å². The van der Waals surface area contributed by atoms with Gasteiger partial charge in [-0.05, 0) is 73.0 Å². The Labute approximate surface area is 199 Å². The molecule has 2 N–H and O–H groups in total. The van der Waals surface area contributed by atoms with Gasteiger partial charge < -0.3 is 19.8 Å². The number of nitrogens with zero attached hydrogens (tertiary/aromatic N) is 1. The third-order valence-electron chi connectivity index (χ3n) is 6.41. The van der Waals surface area contributed by atoms with Gasteiger partial charge in [0.15, 0.2) is 0 Å². The minimum atomic E-state index is -0.299. The Bertz CT molecular complexity index is 1160. The lowest BCUT2D eigenvalue weighted by Crippen LogP contribution is -2.48. The van der Waals surface area contributed by atoms with Crippen LogP contribution in [0.15, 0.2) is 71.6 Å². The van der Waals surface area contributed by atoms with Crippen molar-refractivity contribution in [3.05, 3.63) is 83.4 Å². The molecular formula is C28H29NO3S. The van der Waals surface area contributed by atoms with E-state index in [-0.39, 0.29) is 17.6 Å². The van der Waals surface area contributed by atoms with Crippen LogP contribution in [0.3, 0.4) is 0 Å². The Kier molecular flexibility index (Phi) is 6.09. The number of phenols is 2. The van der Waals surface area contributed by atoms with Gasteiger partial charge in [-0.25, -0.2) is 0 Å². The second kappa shape index (κ2) is 9.16. The molecule has 0 bridgehead atoms. The average molecular weight is 460 g/mol. The molecule has 1 saturated heterocycles. The predicted octanol–water partition coefficient (Wildman–Crippen LogP) is 6.35. The molecule has 0 spiro atoms. The molecule has 0 aliphatic carbocycles. The van der Waals surface area contributed by atoms with Crippen molar-refractivity contribution < 1.29 is 14.9 Å². The van der Waals surface area contributed by atoms with Gasteiger partial charge in [0.1, 0.15) is 23.4 Å². The molecule has 33 heavy (non-hydrogen) atoms. The molecule has 170 valence electrons. The first-order valence-electron chi connectivity index (χ1n) is 11.5. The van der Waals surface area contributed by atoms with Crippen LogP contribution in [0.5, 0.6) is 17.2 Å². The van der Waals surface area contributed by atoms with Gasteiger partial charge in [-0.3, -0.25) is 0 Å². The summed E-state index contributed by atoms with van der Waals surface area (Å²) in [7, 11) is 0. The van der Waals surface area contributed by atoms with E-state index in [0.717, 1.165) is 27.8 Å². The SMILES string of the molecule is CCCN1CC(Sc2ccc(C3Oc4cc(O)ccc4C(C)=C3c3ccc(O)cc3)cc2)C1. The number of fused-ring (bicyclic) bond motifs is 1. The molecule has 1 unspecified atom stereocenters. The van der Waals surface area contributed by atoms with Crippen LogP contribution in [0.4, 0.5) is 0 Å².